The van der Waals surface area contributed by atoms with Crippen LogP contribution in [0.15, 0.2) is 24.3 Å². The van der Waals surface area contributed by atoms with Crippen molar-refractivity contribution in [1.82, 2.24) is 4.57 Å². The lowest BCUT2D eigenvalue weighted by Gasteiger charge is -2.29. The predicted octanol–water partition coefficient (Wildman–Crippen LogP) is 4.20. The number of aryl methyl sites for hydroxylation is 1. The van der Waals surface area contributed by atoms with E-state index >= 15 is 0 Å². The van der Waals surface area contributed by atoms with Crippen LogP contribution in [0.2, 0.25) is 0 Å². The summed E-state index contributed by atoms with van der Waals surface area (Å²) in [7, 11) is 0. The van der Waals surface area contributed by atoms with E-state index in [1.54, 1.807) is 0 Å². The number of hydrogen-bond acceptors (Lipinski definition) is 2. The van der Waals surface area contributed by atoms with E-state index in [0.29, 0.717) is 6.61 Å². The highest BCUT2D eigenvalue weighted by atomic mass is 16.5. The molecule has 2 aromatic rings. The first-order valence-electron chi connectivity index (χ1n) is 8.40. The molecule has 0 aliphatic heterocycles. The molecule has 4 heteroatoms. The highest BCUT2D eigenvalue weighted by Crippen LogP contribution is 2.38. The summed E-state index contributed by atoms with van der Waals surface area (Å²) in [4.78, 5) is 11.1. The lowest BCUT2D eigenvalue weighted by molar-refractivity contribution is 0.124. The molecule has 1 aliphatic rings. The molecule has 0 radical (unpaired) electrons. The van der Waals surface area contributed by atoms with Gasteiger partial charge in [-0.2, -0.15) is 0 Å². The number of nitrogens with zero attached hydrogens (tertiary/aromatic N) is 1. The van der Waals surface area contributed by atoms with E-state index in [1.165, 1.54) is 28.6 Å². The zero-order chi connectivity index (χ0) is 16.6. The van der Waals surface area contributed by atoms with Crippen molar-refractivity contribution >= 4 is 17.0 Å². The molecule has 1 aliphatic carbocycles. The van der Waals surface area contributed by atoms with Gasteiger partial charge in [-0.3, -0.25) is 0 Å². The number of rotatable bonds is 4. The Morgan fingerprint density at radius 3 is 2.74 bits per heavy atom. The SMILES string of the molecule is CC(C)(C)CC(COC(N)=O)n1c2c(c3ccccc31)CCC2. The maximum Gasteiger partial charge on any atom is 0.404 e. The van der Waals surface area contributed by atoms with Crippen LogP contribution in [0.5, 0.6) is 0 Å². The third-order valence-electron chi connectivity index (χ3n) is 4.60. The van der Waals surface area contributed by atoms with Crippen LogP contribution in [0.1, 0.15) is 50.9 Å². The van der Waals surface area contributed by atoms with Gasteiger partial charge in [-0.15, -0.1) is 0 Å². The minimum Gasteiger partial charge on any atom is -0.448 e. The van der Waals surface area contributed by atoms with Gasteiger partial charge in [0.1, 0.15) is 6.61 Å². The van der Waals surface area contributed by atoms with Gasteiger partial charge in [0.25, 0.3) is 0 Å². The number of carbonyl (C=O) groups excluding carboxylic acids is 1. The Kier molecular flexibility index (Phi) is 4.09. The van der Waals surface area contributed by atoms with E-state index in [4.69, 9.17) is 10.5 Å². The third kappa shape index (κ3) is 3.21. The Labute approximate surface area is 137 Å². The van der Waals surface area contributed by atoms with E-state index in [1.807, 2.05) is 0 Å². The number of benzene rings is 1. The van der Waals surface area contributed by atoms with Crippen molar-refractivity contribution < 1.29 is 9.53 Å². The Hall–Kier alpha value is -1.97. The molecule has 1 amide bonds. The molecule has 124 valence electrons. The van der Waals surface area contributed by atoms with Crippen LogP contribution in [0.4, 0.5) is 4.79 Å². The minimum atomic E-state index is -0.697. The summed E-state index contributed by atoms with van der Waals surface area (Å²) in [5.74, 6) is 0. The van der Waals surface area contributed by atoms with Crippen molar-refractivity contribution in [2.45, 2.75) is 52.5 Å². The monoisotopic (exact) mass is 314 g/mol. The molecule has 0 saturated heterocycles. The maximum absolute atomic E-state index is 11.1. The summed E-state index contributed by atoms with van der Waals surface area (Å²) in [6.45, 7) is 6.99. The van der Waals surface area contributed by atoms with Crippen LogP contribution < -0.4 is 5.73 Å². The van der Waals surface area contributed by atoms with Crippen molar-refractivity contribution in [3.05, 3.63) is 35.5 Å². The van der Waals surface area contributed by atoms with Crippen molar-refractivity contribution in [2.24, 2.45) is 11.1 Å². The van der Waals surface area contributed by atoms with E-state index in [0.717, 1.165) is 19.3 Å². The molecule has 2 N–H and O–H groups in total. The Morgan fingerprint density at radius 1 is 1.30 bits per heavy atom. The molecule has 1 aromatic heterocycles. The summed E-state index contributed by atoms with van der Waals surface area (Å²) in [5.41, 5.74) is 9.49. The number of hydrogen-bond donors (Lipinski definition) is 1. The van der Waals surface area contributed by atoms with E-state index < -0.39 is 6.09 Å². The lowest BCUT2D eigenvalue weighted by Crippen LogP contribution is -2.26. The molecule has 0 spiro atoms. The maximum atomic E-state index is 11.1. The fourth-order valence-corrected chi connectivity index (χ4v) is 3.90. The predicted molar refractivity (Wildman–Crippen MR) is 92.6 cm³/mol. The summed E-state index contributed by atoms with van der Waals surface area (Å²) >= 11 is 0. The van der Waals surface area contributed by atoms with Crippen molar-refractivity contribution in [3.8, 4) is 0 Å². The molecule has 0 bridgehead atoms. The number of nitrogens with two attached hydrogens (primary N) is 1. The van der Waals surface area contributed by atoms with E-state index in [2.05, 4.69) is 49.6 Å². The summed E-state index contributed by atoms with van der Waals surface area (Å²) < 4.78 is 7.61. The van der Waals surface area contributed by atoms with Gasteiger partial charge in [-0.1, -0.05) is 39.0 Å². The van der Waals surface area contributed by atoms with Crippen LogP contribution in [0.25, 0.3) is 10.9 Å². The number of aromatic nitrogens is 1. The van der Waals surface area contributed by atoms with Crippen molar-refractivity contribution in [2.75, 3.05) is 6.61 Å². The molecule has 1 unspecified atom stereocenters. The van der Waals surface area contributed by atoms with Crippen molar-refractivity contribution in [1.29, 1.82) is 0 Å². The van der Waals surface area contributed by atoms with Gasteiger partial charge < -0.3 is 15.0 Å². The molecule has 1 heterocycles. The molecule has 0 fully saturated rings. The quantitative estimate of drug-likeness (QED) is 0.919. The first kappa shape index (κ1) is 15.9. The normalized spacial score (nSPS) is 15.6. The van der Waals surface area contributed by atoms with Gasteiger partial charge in [0.15, 0.2) is 0 Å². The van der Waals surface area contributed by atoms with Crippen molar-refractivity contribution in [3.63, 3.8) is 0 Å². The zero-order valence-electron chi connectivity index (χ0n) is 14.3. The third-order valence-corrected chi connectivity index (χ3v) is 4.60. The molecular formula is C19H26N2O2. The fourth-order valence-electron chi connectivity index (χ4n) is 3.90. The standard InChI is InChI=1S/C19H26N2O2/c1-19(2,3)11-13(12-23-18(20)22)21-16-9-5-4-7-14(16)15-8-6-10-17(15)21/h4-5,7,9,13H,6,8,10-12H2,1-3H3,(H2,20,22). The first-order valence-corrected chi connectivity index (χ1v) is 8.40. The van der Waals surface area contributed by atoms with Crippen LogP contribution in [-0.2, 0) is 17.6 Å². The van der Waals surface area contributed by atoms with Crippen LogP contribution in [-0.4, -0.2) is 17.3 Å². The number of carbonyl (C=O) groups is 1. The summed E-state index contributed by atoms with van der Waals surface area (Å²) in [5, 5.41) is 1.35. The van der Waals surface area contributed by atoms with Crippen LogP contribution >= 0.6 is 0 Å². The number of para-hydroxylation sites is 1. The second-order valence-electron chi connectivity index (χ2n) is 7.71. The van der Waals surface area contributed by atoms with Gasteiger partial charge in [-0.25, -0.2) is 4.79 Å². The lowest BCUT2D eigenvalue weighted by atomic mass is 9.88. The number of ether oxygens (including phenoxy) is 1. The average molecular weight is 314 g/mol. The van der Waals surface area contributed by atoms with Gasteiger partial charge in [-0.05, 0) is 42.7 Å². The molecule has 4 nitrogen and oxygen atoms in total. The Morgan fingerprint density at radius 2 is 2.04 bits per heavy atom. The molecule has 3 rings (SSSR count). The fraction of sp³-hybridized carbons (Fsp3) is 0.526. The smallest absolute Gasteiger partial charge is 0.404 e. The second kappa shape index (κ2) is 5.91. The zero-order valence-corrected chi connectivity index (χ0v) is 14.3. The van der Waals surface area contributed by atoms with Gasteiger partial charge in [0.2, 0.25) is 0 Å². The van der Waals surface area contributed by atoms with Gasteiger partial charge in [0, 0.05) is 16.6 Å². The summed E-state index contributed by atoms with van der Waals surface area (Å²) in [6.07, 6.45) is 3.68. The van der Waals surface area contributed by atoms with Crippen LogP contribution in [0.3, 0.4) is 0 Å². The van der Waals surface area contributed by atoms with Gasteiger partial charge >= 0.3 is 6.09 Å². The number of amides is 1. The van der Waals surface area contributed by atoms with E-state index in [-0.39, 0.29) is 11.5 Å². The largest absolute Gasteiger partial charge is 0.448 e. The second-order valence-corrected chi connectivity index (χ2v) is 7.71. The summed E-state index contributed by atoms with van der Waals surface area (Å²) in [6, 6.07) is 8.68. The molecular weight excluding hydrogens is 288 g/mol. The average Bonchev–Trinajstić information content (AvgIpc) is 3.02. The molecule has 23 heavy (non-hydrogen) atoms. The Bertz CT molecular complexity index is 725. The van der Waals surface area contributed by atoms with Crippen LogP contribution in [0, 0.1) is 5.41 Å². The minimum absolute atomic E-state index is 0.120. The topological polar surface area (TPSA) is 57.2 Å². The highest BCUT2D eigenvalue weighted by molar-refractivity contribution is 5.86. The highest BCUT2D eigenvalue weighted by Gasteiger charge is 2.28. The molecule has 1 aromatic carbocycles. The Balaban J connectivity index is 2.08. The number of fused-ring (bicyclic) bond motifs is 3. The number of primary amides is 1. The van der Waals surface area contributed by atoms with Gasteiger partial charge in [0.05, 0.1) is 6.04 Å². The van der Waals surface area contributed by atoms with E-state index in [9.17, 15) is 4.79 Å². The molecule has 0 saturated carbocycles. The molecule has 1 atom stereocenters. The first-order chi connectivity index (χ1) is 10.9.